The number of hydrogen-bond acceptors (Lipinski definition) is 0. The first kappa shape index (κ1) is 45.7. The van der Waals surface area contributed by atoms with E-state index in [0.29, 0.717) is 0 Å². The molecule has 0 aromatic carbocycles. The van der Waals surface area contributed by atoms with Gasteiger partial charge in [-0.15, -0.1) is 0 Å². The van der Waals surface area contributed by atoms with Crippen LogP contribution in [0.2, 0.25) is 0 Å². The normalized spacial score (nSPS) is 13.0. The van der Waals surface area contributed by atoms with Gasteiger partial charge in [-0.3, -0.25) is 0 Å². The second-order valence-electron chi connectivity index (χ2n) is 16.7. The Balaban J connectivity index is 3.07. The van der Waals surface area contributed by atoms with Crippen molar-refractivity contribution >= 4 is 17.2 Å². The van der Waals surface area contributed by atoms with Crippen LogP contribution in [-0.4, -0.2) is 26.2 Å². The van der Waals surface area contributed by atoms with Gasteiger partial charge in [-0.1, -0.05) is 180 Å². The Labute approximate surface area is 293 Å². The summed E-state index contributed by atoms with van der Waals surface area (Å²) < 4.78 is 0. The zero-order valence-electron chi connectivity index (χ0n) is 32.4. The summed E-state index contributed by atoms with van der Waals surface area (Å²) in [6, 6.07) is 0. The van der Waals surface area contributed by atoms with Crippen molar-refractivity contribution in [3.8, 4) is 0 Å². The van der Waals surface area contributed by atoms with Crippen LogP contribution in [0.3, 0.4) is 0 Å². The molecule has 0 saturated heterocycles. The minimum atomic E-state index is -1.77. The number of hydrogen-bond donors (Lipinski definition) is 0. The summed E-state index contributed by atoms with van der Waals surface area (Å²) in [5, 5.41) is 0. The fraction of sp³-hybridized carbons (Fsp3) is 1.00. The summed E-state index contributed by atoms with van der Waals surface area (Å²) in [5.41, 5.74) is 0. The molecule has 0 N–H and O–H groups in total. The van der Waals surface area contributed by atoms with E-state index in [2.05, 4.69) is 26.9 Å². The fourth-order valence-electron chi connectivity index (χ4n) is 7.08. The van der Waals surface area contributed by atoms with Crippen molar-refractivity contribution in [3.63, 3.8) is 0 Å². The molecule has 0 rings (SSSR count). The van der Waals surface area contributed by atoms with E-state index in [1.54, 1.807) is 0 Å². The van der Waals surface area contributed by atoms with Gasteiger partial charge in [0.1, 0.15) is 0 Å². The minimum absolute atomic E-state index is 1.26. The van der Waals surface area contributed by atoms with Gasteiger partial charge in [0.25, 0.3) is 0 Å². The summed E-state index contributed by atoms with van der Waals surface area (Å²) >= 11 is 6.65. The number of halogens is 1. The van der Waals surface area contributed by atoms with Gasteiger partial charge < -0.3 is 0 Å². The van der Waals surface area contributed by atoms with E-state index in [4.69, 9.17) is 11.2 Å². The Kier molecular flexibility index (Phi) is 35.1. The van der Waals surface area contributed by atoms with E-state index in [0.717, 1.165) is 0 Å². The molecule has 0 heterocycles. The Morgan fingerprint density at radius 3 is 0.511 bits per heavy atom. The molecule has 0 nitrogen and oxygen atoms in total. The summed E-state index contributed by atoms with van der Waals surface area (Å²) in [5.74, 6) is -1.77. The molecule has 0 radical (unpaired) electrons. The van der Waals surface area contributed by atoms with Crippen molar-refractivity contribution in [1.29, 1.82) is 0 Å². The second-order valence-corrected chi connectivity index (χ2v) is 26.8. The van der Waals surface area contributed by atoms with E-state index in [-0.39, 0.29) is 0 Å². The average molecular weight is 674 g/mol. The predicted octanol–water partition coefficient (Wildman–Crippen LogP) is 17.4. The third kappa shape index (κ3) is 44.7. The first-order valence-electron chi connectivity index (χ1n) is 21.5. The van der Waals surface area contributed by atoms with Crippen molar-refractivity contribution in [2.24, 2.45) is 0 Å². The quantitative estimate of drug-likeness (QED) is 0.0450. The van der Waals surface area contributed by atoms with Crippen molar-refractivity contribution in [2.75, 3.05) is 26.2 Å². The van der Waals surface area contributed by atoms with E-state index in [1.807, 2.05) is 0 Å². The Bertz CT molecular complexity index is 541. The molecule has 0 aromatic heterocycles. The van der Waals surface area contributed by atoms with E-state index in [9.17, 15) is 0 Å². The molecule has 0 atom stereocenters. The molecule has 0 saturated carbocycles. The van der Waals surface area contributed by atoms with Gasteiger partial charge in [0, 0.05) is 0 Å². The first-order chi connectivity index (χ1) is 21.8. The van der Waals surface area contributed by atoms with Crippen LogP contribution in [0.5, 0.6) is 0 Å². The second kappa shape index (κ2) is 34.6. The maximum atomic E-state index is 6.65. The summed E-state index contributed by atoms with van der Waals surface area (Å²) in [6.45, 7) is 9.18. The van der Waals surface area contributed by atoms with Crippen LogP contribution >= 0.6 is 17.2 Å². The Morgan fingerprint density at radius 1 is 0.244 bits per heavy atom. The predicted molar refractivity (Wildman–Crippen MR) is 217 cm³/mol. The molecule has 0 aromatic rings. The zero-order valence-corrected chi connectivity index (χ0v) is 34.1. The topological polar surface area (TPSA) is 0 Å². The van der Waals surface area contributed by atoms with E-state index >= 15 is 0 Å². The summed E-state index contributed by atoms with van der Waals surface area (Å²) in [6.07, 6.45) is 57.2. The zero-order chi connectivity index (χ0) is 33.0. The molecule has 0 amide bonds. The maximum absolute atomic E-state index is 6.65. The van der Waals surface area contributed by atoms with E-state index < -0.39 is 5.96 Å². The first-order valence-corrected chi connectivity index (χ1v) is 26.2. The number of unbranched alkanes of at least 4 members (excludes halogenated alkanes) is 37. The van der Waals surface area contributed by atoms with Crippen LogP contribution < -0.4 is 0 Å². The van der Waals surface area contributed by atoms with Crippen LogP contribution in [0, 0.1) is 0 Å². The Morgan fingerprint density at radius 2 is 0.378 bits per heavy atom. The van der Waals surface area contributed by atoms with Gasteiger partial charge in [-0.25, -0.2) is 0 Å². The van der Waals surface area contributed by atoms with Crippen LogP contribution in [0.25, 0.3) is 0 Å². The number of rotatable bonds is 39. The van der Waals surface area contributed by atoms with Gasteiger partial charge in [-0.2, -0.15) is 0 Å². The van der Waals surface area contributed by atoms with Crippen LogP contribution in [-0.2, 0) is 0 Å². The van der Waals surface area contributed by atoms with Gasteiger partial charge in [-0.05, 0) is 0 Å². The molecule has 0 fully saturated rings. The molecule has 0 aliphatic heterocycles. The van der Waals surface area contributed by atoms with Crippen molar-refractivity contribution in [1.82, 2.24) is 0 Å². The molecule has 45 heavy (non-hydrogen) atoms. The van der Waals surface area contributed by atoms with Crippen LogP contribution in [0.1, 0.15) is 251 Å². The molecule has 0 aliphatic carbocycles. The summed E-state index contributed by atoms with van der Waals surface area (Å²) in [7, 11) is 0. The molecule has 0 unspecified atom stereocenters. The molecule has 274 valence electrons. The van der Waals surface area contributed by atoms with Crippen molar-refractivity contribution in [3.05, 3.63) is 0 Å². The molecule has 2 heteroatoms. The fourth-order valence-corrected chi connectivity index (χ4v) is 8.73. The third-order valence-corrected chi connectivity index (χ3v) is 12.6. The molecular formula is C43H90ClP. The molecule has 0 bridgehead atoms. The van der Waals surface area contributed by atoms with Gasteiger partial charge >= 0.3 is 114 Å². The van der Waals surface area contributed by atoms with Crippen LogP contribution in [0.15, 0.2) is 0 Å². The molecular weight excluding hydrogens is 583 g/mol. The Hall–Kier alpha value is 0.720. The molecule has 0 spiro atoms. The monoisotopic (exact) mass is 673 g/mol. The molecule has 0 aliphatic rings. The van der Waals surface area contributed by atoms with Gasteiger partial charge in [0.05, 0.1) is 0 Å². The van der Waals surface area contributed by atoms with Crippen molar-refractivity contribution in [2.45, 2.75) is 251 Å². The SMILES string of the molecule is CCCCCCCCCCCCCCCCCCCCCCCCCCCCCCCCCCCCCCCCP(C)(C)(C)Cl. The average Bonchev–Trinajstić information content (AvgIpc) is 2.99. The third-order valence-electron chi connectivity index (χ3n) is 10.3. The standard InChI is InChI=1S/C43H90ClP/c1-5-6-7-8-9-10-11-12-13-14-15-16-17-18-19-20-21-22-23-24-25-26-27-28-29-30-31-32-33-34-35-36-37-38-39-40-41-42-43-45(2,3,4)44/h5-43H2,1-4H3. The van der Waals surface area contributed by atoms with Crippen LogP contribution in [0.4, 0.5) is 0 Å². The van der Waals surface area contributed by atoms with Gasteiger partial charge in [0.15, 0.2) is 0 Å². The van der Waals surface area contributed by atoms with Crippen molar-refractivity contribution < 1.29 is 0 Å². The van der Waals surface area contributed by atoms with E-state index in [1.165, 1.54) is 250 Å². The summed E-state index contributed by atoms with van der Waals surface area (Å²) in [4.78, 5) is 0. The van der Waals surface area contributed by atoms with Gasteiger partial charge in [0.2, 0.25) is 0 Å².